The van der Waals surface area contributed by atoms with Gasteiger partial charge in [0.2, 0.25) is 0 Å². The SMILES string of the molecule is CCC(NC1CCN(C(N)=O)CC1)c1ccccc1. The first-order valence-electron chi connectivity index (χ1n) is 7.06. The van der Waals surface area contributed by atoms with Crippen LogP contribution in [0, 0.1) is 0 Å². The zero-order valence-electron chi connectivity index (χ0n) is 11.5. The van der Waals surface area contributed by atoms with E-state index in [1.165, 1.54) is 5.56 Å². The van der Waals surface area contributed by atoms with E-state index in [1.807, 2.05) is 6.07 Å². The Hall–Kier alpha value is -1.55. The molecule has 19 heavy (non-hydrogen) atoms. The van der Waals surface area contributed by atoms with E-state index in [0.29, 0.717) is 12.1 Å². The highest BCUT2D eigenvalue weighted by Gasteiger charge is 2.23. The Labute approximate surface area is 115 Å². The van der Waals surface area contributed by atoms with Crippen LogP contribution in [0.5, 0.6) is 0 Å². The molecule has 0 radical (unpaired) electrons. The molecule has 1 fully saturated rings. The lowest BCUT2D eigenvalue weighted by atomic mass is 9.99. The Morgan fingerprint density at radius 2 is 2.00 bits per heavy atom. The Morgan fingerprint density at radius 3 is 2.53 bits per heavy atom. The number of likely N-dealkylation sites (tertiary alicyclic amines) is 1. The molecule has 104 valence electrons. The fraction of sp³-hybridized carbons (Fsp3) is 0.533. The van der Waals surface area contributed by atoms with Gasteiger partial charge in [0.1, 0.15) is 0 Å². The largest absolute Gasteiger partial charge is 0.351 e. The Bertz CT molecular complexity index is 399. The minimum absolute atomic E-state index is 0.298. The molecule has 0 saturated carbocycles. The number of nitrogens with one attached hydrogen (secondary N) is 1. The molecule has 2 rings (SSSR count). The molecular formula is C15H23N3O. The predicted molar refractivity (Wildman–Crippen MR) is 76.8 cm³/mol. The zero-order valence-corrected chi connectivity index (χ0v) is 11.5. The van der Waals surface area contributed by atoms with Gasteiger partial charge >= 0.3 is 6.03 Å². The van der Waals surface area contributed by atoms with E-state index in [9.17, 15) is 4.79 Å². The zero-order chi connectivity index (χ0) is 13.7. The monoisotopic (exact) mass is 261 g/mol. The molecule has 1 unspecified atom stereocenters. The average Bonchev–Trinajstić information content (AvgIpc) is 2.46. The summed E-state index contributed by atoms with van der Waals surface area (Å²) in [6, 6.07) is 11.1. The second-order valence-electron chi connectivity index (χ2n) is 5.14. The number of urea groups is 1. The van der Waals surface area contributed by atoms with Crippen LogP contribution >= 0.6 is 0 Å². The summed E-state index contributed by atoms with van der Waals surface area (Å²) in [5, 5.41) is 3.70. The van der Waals surface area contributed by atoms with Gasteiger partial charge in [0, 0.05) is 25.2 Å². The third-order valence-electron chi connectivity index (χ3n) is 3.85. The van der Waals surface area contributed by atoms with E-state index in [2.05, 4.69) is 36.5 Å². The Balaban J connectivity index is 1.89. The lowest BCUT2D eigenvalue weighted by Gasteiger charge is -2.33. The number of nitrogens with two attached hydrogens (primary N) is 1. The number of piperidine rings is 1. The summed E-state index contributed by atoms with van der Waals surface area (Å²) < 4.78 is 0. The standard InChI is InChI=1S/C15H23N3O/c1-2-14(12-6-4-3-5-7-12)17-13-8-10-18(11-9-13)15(16)19/h3-7,13-14,17H,2,8-11H2,1H3,(H2,16,19). The van der Waals surface area contributed by atoms with Gasteiger partial charge in [0.25, 0.3) is 0 Å². The molecule has 4 nitrogen and oxygen atoms in total. The molecule has 1 aliphatic heterocycles. The topological polar surface area (TPSA) is 58.4 Å². The summed E-state index contributed by atoms with van der Waals surface area (Å²) in [6.45, 7) is 3.72. The Kier molecular flexibility index (Phi) is 4.80. The number of carbonyl (C=O) groups excluding carboxylic acids is 1. The maximum Gasteiger partial charge on any atom is 0.314 e. The van der Waals surface area contributed by atoms with Crippen LogP contribution in [0.1, 0.15) is 37.8 Å². The summed E-state index contributed by atoms with van der Waals surface area (Å²) in [4.78, 5) is 12.8. The number of carbonyl (C=O) groups is 1. The number of hydrogen-bond acceptors (Lipinski definition) is 2. The molecule has 1 aromatic carbocycles. The molecule has 4 heteroatoms. The third kappa shape index (κ3) is 3.70. The quantitative estimate of drug-likeness (QED) is 0.873. The average molecular weight is 261 g/mol. The summed E-state index contributed by atoms with van der Waals surface area (Å²) >= 11 is 0. The van der Waals surface area contributed by atoms with Crippen molar-refractivity contribution in [2.45, 2.75) is 38.3 Å². The van der Waals surface area contributed by atoms with Crippen molar-refractivity contribution in [1.29, 1.82) is 0 Å². The molecule has 0 bridgehead atoms. The van der Waals surface area contributed by atoms with Gasteiger partial charge in [-0.3, -0.25) is 0 Å². The molecule has 3 N–H and O–H groups in total. The van der Waals surface area contributed by atoms with Crippen molar-refractivity contribution in [2.75, 3.05) is 13.1 Å². The number of hydrogen-bond donors (Lipinski definition) is 2. The van der Waals surface area contributed by atoms with Crippen molar-refractivity contribution < 1.29 is 4.79 Å². The third-order valence-corrected chi connectivity index (χ3v) is 3.85. The van der Waals surface area contributed by atoms with Crippen molar-refractivity contribution in [3.05, 3.63) is 35.9 Å². The van der Waals surface area contributed by atoms with E-state index in [-0.39, 0.29) is 6.03 Å². The van der Waals surface area contributed by atoms with Crippen molar-refractivity contribution >= 4 is 6.03 Å². The van der Waals surface area contributed by atoms with Crippen molar-refractivity contribution in [3.63, 3.8) is 0 Å². The number of amides is 2. The van der Waals surface area contributed by atoms with E-state index in [0.717, 1.165) is 32.4 Å². The van der Waals surface area contributed by atoms with Gasteiger partial charge in [-0.05, 0) is 24.8 Å². The van der Waals surface area contributed by atoms with Crippen molar-refractivity contribution in [3.8, 4) is 0 Å². The minimum Gasteiger partial charge on any atom is -0.351 e. The van der Waals surface area contributed by atoms with Gasteiger partial charge in [0.15, 0.2) is 0 Å². The highest BCUT2D eigenvalue weighted by molar-refractivity contribution is 5.72. The summed E-state index contributed by atoms with van der Waals surface area (Å²) in [7, 11) is 0. The van der Waals surface area contributed by atoms with Crippen LogP contribution in [-0.4, -0.2) is 30.1 Å². The molecule has 1 heterocycles. The molecule has 1 aliphatic rings. The van der Waals surface area contributed by atoms with Gasteiger partial charge in [-0.25, -0.2) is 4.79 Å². The van der Waals surface area contributed by atoms with E-state index < -0.39 is 0 Å². The van der Waals surface area contributed by atoms with Crippen LogP contribution in [0.15, 0.2) is 30.3 Å². The van der Waals surface area contributed by atoms with Crippen LogP contribution in [0.2, 0.25) is 0 Å². The van der Waals surface area contributed by atoms with E-state index in [1.54, 1.807) is 4.90 Å². The normalized spacial score (nSPS) is 18.3. The van der Waals surface area contributed by atoms with Gasteiger partial charge in [-0.2, -0.15) is 0 Å². The molecular weight excluding hydrogens is 238 g/mol. The summed E-state index contributed by atoms with van der Waals surface area (Å²) in [6.07, 6.45) is 3.03. The van der Waals surface area contributed by atoms with Crippen LogP contribution < -0.4 is 11.1 Å². The second kappa shape index (κ2) is 6.57. The first-order chi connectivity index (χ1) is 9.20. The van der Waals surface area contributed by atoms with Crippen LogP contribution in [0.4, 0.5) is 4.79 Å². The maximum atomic E-state index is 11.1. The summed E-state index contributed by atoms with van der Waals surface area (Å²) in [5.41, 5.74) is 6.63. The number of nitrogens with zero attached hydrogens (tertiary/aromatic N) is 1. The molecule has 1 saturated heterocycles. The Morgan fingerprint density at radius 1 is 1.37 bits per heavy atom. The van der Waals surface area contributed by atoms with Gasteiger partial charge in [-0.15, -0.1) is 0 Å². The van der Waals surface area contributed by atoms with Crippen molar-refractivity contribution in [2.24, 2.45) is 5.73 Å². The highest BCUT2D eigenvalue weighted by Crippen LogP contribution is 2.20. The minimum atomic E-state index is -0.298. The molecule has 0 aromatic heterocycles. The predicted octanol–water partition coefficient (Wildman–Crippen LogP) is 2.27. The molecule has 2 amide bonds. The van der Waals surface area contributed by atoms with Crippen LogP contribution in [-0.2, 0) is 0 Å². The molecule has 1 aromatic rings. The smallest absolute Gasteiger partial charge is 0.314 e. The number of primary amides is 1. The fourth-order valence-electron chi connectivity index (χ4n) is 2.69. The molecule has 0 aliphatic carbocycles. The van der Waals surface area contributed by atoms with Crippen LogP contribution in [0.25, 0.3) is 0 Å². The van der Waals surface area contributed by atoms with Gasteiger partial charge in [0.05, 0.1) is 0 Å². The molecule has 1 atom stereocenters. The number of benzene rings is 1. The molecule has 0 spiro atoms. The lowest BCUT2D eigenvalue weighted by molar-refractivity contribution is 0.182. The first kappa shape index (κ1) is 13.9. The second-order valence-corrected chi connectivity index (χ2v) is 5.14. The summed E-state index contributed by atoms with van der Waals surface area (Å²) in [5.74, 6) is 0. The van der Waals surface area contributed by atoms with E-state index in [4.69, 9.17) is 5.73 Å². The van der Waals surface area contributed by atoms with Gasteiger partial charge in [-0.1, -0.05) is 37.3 Å². The lowest BCUT2D eigenvalue weighted by Crippen LogP contribution is -2.47. The van der Waals surface area contributed by atoms with Crippen LogP contribution in [0.3, 0.4) is 0 Å². The first-order valence-corrected chi connectivity index (χ1v) is 7.06. The fourth-order valence-corrected chi connectivity index (χ4v) is 2.69. The highest BCUT2D eigenvalue weighted by atomic mass is 16.2. The van der Waals surface area contributed by atoms with E-state index >= 15 is 0 Å². The van der Waals surface area contributed by atoms with Crippen molar-refractivity contribution in [1.82, 2.24) is 10.2 Å². The number of rotatable bonds is 4. The van der Waals surface area contributed by atoms with Gasteiger partial charge < -0.3 is 16.0 Å². The maximum absolute atomic E-state index is 11.1.